The van der Waals surface area contributed by atoms with Gasteiger partial charge in [-0.1, -0.05) is 38.9 Å². The molecular weight excluding hydrogens is 388 g/mol. The molecule has 1 aromatic heterocycles. The van der Waals surface area contributed by atoms with E-state index in [9.17, 15) is 4.79 Å². The molecule has 7 heteroatoms. The van der Waals surface area contributed by atoms with Gasteiger partial charge in [0.05, 0.1) is 22.3 Å². The number of carbonyl (C=O) groups is 1. The van der Waals surface area contributed by atoms with Crippen LogP contribution < -0.4 is 10.1 Å². The maximum absolute atomic E-state index is 12.2. The van der Waals surface area contributed by atoms with E-state index in [1.54, 1.807) is 25.3 Å². The summed E-state index contributed by atoms with van der Waals surface area (Å²) in [5.41, 5.74) is 1.29. The van der Waals surface area contributed by atoms with Crippen molar-refractivity contribution in [3.8, 4) is 5.75 Å². The van der Waals surface area contributed by atoms with E-state index in [-0.39, 0.29) is 5.91 Å². The number of hydrogen-bond acceptors (Lipinski definition) is 4. The molecule has 0 aliphatic carbocycles. The van der Waals surface area contributed by atoms with Crippen molar-refractivity contribution in [2.24, 2.45) is 0 Å². The minimum atomic E-state index is -0.204. The van der Waals surface area contributed by atoms with Crippen LogP contribution in [0.15, 0.2) is 40.9 Å². The zero-order valence-corrected chi connectivity index (χ0v) is 14.6. The maximum Gasteiger partial charge on any atom is 0.257 e. The predicted octanol–water partition coefficient (Wildman–Crippen LogP) is 4.97. The van der Waals surface area contributed by atoms with Crippen LogP contribution in [0.2, 0.25) is 5.02 Å². The Hall–Kier alpha value is -1.63. The van der Waals surface area contributed by atoms with E-state index >= 15 is 0 Å². The first-order chi connectivity index (χ1) is 10.6. The molecular formula is C15H10BrClN2O2S. The third-order valence-electron chi connectivity index (χ3n) is 2.99. The quantitative estimate of drug-likeness (QED) is 0.678. The van der Waals surface area contributed by atoms with E-state index in [2.05, 4.69) is 26.2 Å². The molecule has 22 heavy (non-hydrogen) atoms. The van der Waals surface area contributed by atoms with Gasteiger partial charge in [0.25, 0.3) is 5.91 Å². The van der Waals surface area contributed by atoms with Crippen LogP contribution in [0.3, 0.4) is 0 Å². The number of carbonyl (C=O) groups excluding carboxylic acids is 1. The van der Waals surface area contributed by atoms with Gasteiger partial charge in [0.1, 0.15) is 5.75 Å². The molecule has 2 aromatic carbocycles. The minimum absolute atomic E-state index is 0.204. The number of hydrogen-bond donors (Lipinski definition) is 1. The average Bonchev–Trinajstić information content (AvgIpc) is 2.87. The SMILES string of the molecule is COc1cc2sc(NC(=O)c3ccc(Br)cc3)nc2cc1Cl. The zero-order valence-electron chi connectivity index (χ0n) is 11.4. The van der Waals surface area contributed by atoms with Gasteiger partial charge in [-0.2, -0.15) is 0 Å². The highest BCUT2D eigenvalue weighted by Crippen LogP contribution is 2.34. The van der Waals surface area contributed by atoms with Crippen molar-refractivity contribution in [1.82, 2.24) is 4.98 Å². The van der Waals surface area contributed by atoms with E-state index in [0.717, 1.165) is 14.7 Å². The number of nitrogens with one attached hydrogen (secondary N) is 1. The Morgan fingerprint density at radius 1 is 1.32 bits per heavy atom. The molecule has 0 saturated heterocycles. The number of thiazole rings is 1. The summed E-state index contributed by atoms with van der Waals surface area (Å²) in [7, 11) is 1.56. The van der Waals surface area contributed by atoms with E-state index in [0.29, 0.717) is 21.5 Å². The van der Waals surface area contributed by atoms with Crippen LogP contribution in [-0.2, 0) is 0 Å². The fourth-order valence-electron chi connectivity index (χ4n) is 1.91. The van der Waals surface area contributed by atoms with Gasteiger partial charge in [0, 0.05) is 16.1 Å². The summed E-state index contributed by atoms with van der Waals surface area (Å²) in [6, 6.07) is 10.7. The second-order valence-electron chi connectivity index (χ2n) is 4.43. The highest BCUT2D eigenvalue weighted by molar-refractivity contribution is 9.10. The standard InChI is InChI=1S/C15H10BrClN2O2S/c1-21-12-7-13-11(6-10(12)17)18-15(22-13)19-14(20)8-2-4-9(16)5-3-8/h2-7H,1H3,(H,18,19,20). The fraction of sp³-hybridized carbons (Fsp3) is 0.0667. The van der Waals surface area contributed by atoms with Crippen molar-refractivity contribution in [2.75, 3.05) is 12.4 Å². The summed E-state index contributed by atoms with van der Waals surface area (Å²) in [6.07, 6.45) is 0. The summed E-state index contributed by atoms with van der Waals surface area (Å²) in [5, 5.41) is 3.81. The van der Waals surface area contributed by atoms with Gasteiger partial charge in [0.15, 0.2) is 5.13 Å². The largest absolute Gasteiger partial charge is 0.495 e. The maximum atomic E-state index is 12.2. The van der Waals surface area contributed by atoms with Crippen LogP contribution in [-0.4, -0.2) is 18.0 Å². The van der Waals surface area contributed by atoms with E-state index in [4.69, 9.17) is 16.3 Å². The molecule has 0 aliphatic rings. The third-order valence-corrected chi connectivity index (χ3v) is 4.75. The van der Waals surface area contributed by atoms with Crippen molar-refractivity contribution in [3.05, 3.63) is 51.5 Å². The normalized spacial score (nSPS) is 10.7. The Morgan fingerprint density at radius 2 is 2.05 bits per heavy atom. The van der Waals surface area contributed by atoms with Crippen molar-refractivity contribution in [3.63, 3.8) is 0 Å². The number of benzene rings is 2. The average molecular weight is 398 g/mol. The fourth-order valence-corrected chi connectivity index (χ4v) is 3.28. The summed E-state index contributed by atoms with van der Waals surface area (Å²) >= 11 is 10.8. The number of fused-ring (bicyclic) bond motifs is 1. The van der Waals surface area contributed by atoms with E-state index in [1.165, 1.54) is 11.3 Å². The number of anilines is 1. The summed E-state index contributed by atoms with van der Waals surface area (Å²) < 4.78 is 7.00. The van der Waals surface area contributed by atoms with Crippen molar-refractivity contribution in [2.45, 2.75) is 0 Å². The molecule has 1 heterocycles. The Labute approximate surface area is 144 Å². The van der Waals surface area contributed by atoms with Crippen LogP contribution in [0.1, 0.15) is 10.4 Å². The number of halogens is 2. The summed E-state index contributed by atoms with van der Waals surface area (Å²) in [4.78, 5) is 16.6. The molecule has 3 aromatic rings. The zero-order chi connectivity index (χ0) is 15.7. The van der Waals surface area contributed by atoms with Gasteiger partial charge in [-0.25, -0.2) is 4.98 Å². The third kappa shape index (κ3) is 3.09. The number of ether oxygens (including phenoxy) is 1. The van der Waals surface area contributed by atoms with Crippen LogP contribution in [0.25, 0.3) is 10.2 Å². The van der Waals surface area contributed by atoms with Crippen LogP contribution >= 0.6 is 38.9 Å². The van der Waals surface area contributed by atoms with Crippen LogP contribution in [0, 0.1) is 0 Å². The molecule has 0 bridgehead atoms. The number of amides is 1. The number of rotatable bonds is 3. The molecule has 1 N–H and O–H groups in total. The minimum Gasteiger partial charge on any atom is -0.495 e. The van der Waals surface area contributed by atoms with Crippen molar-refractivity contribution < 1.29 is 9.53 Å². The summed E-state index contributed by atoms with van der Waals surface area (Å²) in [5.74, 6) is 0.383. The molecule has 3 rings (SSSR count). The van der Waals surface area contributed by atoms with Gasteiger partial charge >= 0.3 is 0 Å². The molecule has 0 atom stereocenters. The first-order valence-electron chi connectivity index (χ1n) is 6.28. The van der Waals surface area contributed by atoms with Gasteiger partial charge < -0.3 is 4.74 Å². The molecule has 1 amide bonds. The summed E-state index contributed by atoms with van der Waals surface area (Å²) in [6.45, 7) is 0. The highest BCUT2D eigenvalue weighted by Gasteiger charge is 2.12. The van der Waals surface area contributed by atoms with E-state index in [1.807, 2.05) is 18.2 Å². The smallest absolute Gasteiger partial charge is 0.257 e. The number of aromatic nitrogens is 1. The molecule has 0 radical (unpaired) electrons. The first-order valence-corrected chi connectivity index (χ1v) is 8.26. The Bertz CT molecular complexity index is 849. The lowest BCUT2D eigenvalue weighted by molar-refractivity contribution is 0.102. The molecule has 0 saturated carbocycles. The van der Waals surface area contributed by atoms with Crippen LogP contribution in [0.4, 0.5) is 5.13 Å². The second-order valence-corrected chi connectivity index (χ2v) is 6.79. The molecule has 112 valence electrons. The topological polar surface area (TPSA) is 51.2 Å². The lowest BCUT2D eigenvalue weighted by Gasteiger charge is -2.01. The van der Waals surface area contributed by atoms with Gasteiger partial charge in [-0.05, 0) is 30.3 Å². The number of methoxy groups -OCH3 is 1. The van der Waals surface area contributed by atoms with Gasteiger partial charge in [-0.3, -0.25) is 10.1 Å². The lowest BCUT2D eigenvalue weighted by atomic mass is 10.2. The second kappa shape index (κ2) is 6.24. The van der Waals surface area contributed by atoms with E-state index < -0.39 is 0 Å². The predicted molar refractivity (Wildman–Crippen MR) is 93.3 cm³/mol. The monoisotopic (exact) mass is 396 g/mol. The van der Waals surface area contributed by atoms with Crippen molar-refractivity contribution >= 4 is 60.1 Å². The lowest BCUT2D eigenvalue weighted by Crippen LogP contribution is -2.11. The molecule has 0 aliphatic heterocycles. The first kappa shape index (κ1) is 15.3. The Kier molecular flexibility index (Phi) is 4.33. The van der Waals surface area contributed by atoms with Crippen molar-refractivity contribution in [1.29, 1.82) is 0 Å². The van der Waals surface area contributed by atoms with Gasteiger partial charge in [0.2, 0.25) is 0 Å². The van der Waals surface area contributed by atoms with Gasteiger partial charge in [-0.15, -0.1) is 0 Å². The Balaban J connectivity index is 1.87. The number of nitrogens with zero attached hydrogens (tertiary/aromatic N) is 1. The molecule has 0 fully saturated rings. The molecule has 0 spiro atoms. The molecule has 4 nitrogen and oxygen atoms in total. The van der Waals surface area contributed by atoms with Crippen LogP contribution in [0.5, 0.6) is 5.75 Å². The molecule has 0 unspecified atom stereocenters. The Morgan fingerprint density at radius 3 is 2.73 bits per heavy atom. The highest BCUT2D eigenvalue weighted by atomic mass is 79.9.